The Bertz CT molecular complexity index is 22.0. The molecule has 4 heavy (non-hydrogen) atoms. The Morgan fingerprint density at radius 1 is 2.00 bits per heavy atom. The predicted octanol–water partition coefficient (Wildman–Crippen LogP) is -0.146. The second-order valence-corrected chi connectivity index (χ2v) is 0.899. The van der Waals surface area contributed by atoms with Gasteiger partial charge < -0.3 is 0 Å². The first-order chi connectivity index (χ1) is 1.91. The summed E-state index contributed by atoms with van der Waals surface area (Å²) in [5, 5.41) is 0. The van der Waals surface area contributed by atoms with E-state index in [4.69, 9.17) is 7.49 Å². The molecule has 21 valence electrons. The molecule has 1 nitrogen and oxygen atoms in total. The van der Waals surface area contributed by atoms with E-state index < -0.39 is 0 Å². The van der Waals surface area contributed by atoms with Gasteiger partial charge in [0.05, 0.1) is 0 Å². The van der Waals surface area contributed by atoms with E-state index in [-0.39, 0.29) is 0 Å². The number of halogens is 1. The summed E-state index contributed by atoms with van der Waals surface area (Å²) in [6.07, 6.45) is 1.36. The molecule has 0 aliphatic rings. The van der Waals surface area contributed by atoms with Crippen molar-refractivity contribution in [2.45, 2.75) is 0 Å². The Balaban J connectivity index is 2.30. The molecule has 0 aliphatic heterocycles. The van der Waals surface area contributed by atoms with Gasteiger partial charge in [0.25, 0.3) is 0 Å². The summed E-state index contributed by atoms with van der Waals surface area (Å²) in [4.78, 5) is 0. The van der Waals surface area contributed by atoms with Gasteiger partial charge in [-0.05, 0) is 0 Å². The normalized spacial score (nSPS) is 5.00. The van der Waals surface area contributed by atoms with Crippen LogP contribution in [0.25, 0.3) is 0 Å². The average molecular weight is 166 g/mol. The SMILES string of the molecule is [B]=CNI. The van der Waals surface area contributed by atoms with Crippen molar-refractivity contribution in [1.29, 1.82) is 0 Å². The average Bonchev–Trinajstić information content (AvgIpc) is 1.37. The summed E-state index contributed by atoms with van der Waals surface area (Å²) in [6.45, 7) is 0. The predicted molar refractivity (Wildman–Crippen MR) is 29.0 cm³/mol. The molecule has 0 atom stereocenters. The fourth-order valence-corrected chi connectivity index (χ4v) is 0. The standard InChI is InChI=1S/CH2BIN/c2-1-4-3/h1,4H. The molecular formula is CH2BIN. The minimum absolute atomic E-state index is 1.36. The van der Waals surface area contributed by atoms with Gasteiger partial charge in [-0.2, -0.15) is 0 Å². The fraction of sp³-hybridized carbons (Fsp3) is 0. The van der Waals surface area contributed by atoms with Gasteiger partial charge in [0, 0.05) is 0 Å². The van der Waals surface area contributed by atoms with Crippen LogP contribution in [0.5, 0.6) is 0 Å². The molecule has 1 radical (unpaired) electrons. The zero-order valence-corrected chi connectivity index (χ0v) is 4.19. The molecule has 0 saturated heterocycles. The molecule has 0 heterocycles. The first kappa shape index (κ1) is 4.46. The fourth-order valence-electron chi connectivity index (χ4n) is 0. The van der Waals surface area contributed by atoms with Crippen LogP contribution in [0, 0.1) is 0 Å². The first-order valence-corrected chi connectivity index (χ1v) is 1.89. The number of nitrogens with one attached hydrogen (secondary N) is 1. The van der Waals surface area contributed by atoms with E-state index >= 15 is 0 Å². The van der Waals surface area contributed by atoms with Crippen LogP contribution in [0.4, 0.5) is 0 Å². The van der Waals surface area contributed by atoms with Gasteiger partial charge in [0.1, 0.15) is 0 Å². The summed E-state index contributed by atoms with van der Waals surface area (Å²) in [5.41, 5.74) is 0. The Hall–Kier alpha value is 0.465. The van der Waals surface area contributed by atoms with Crippen LogP contribution in [-0.2, 0) is 0 Å². The molecule has 0 spiro atoms. The van der Waals surface area contributed by atoms with Crippen molar-refractivity contribution >= 4 is 36.4 Å². The summed E-state index contributed by atoms with van der Waals surface area (Å²) in [5.74, 6) is 0. The monoisotopic (exact) mass is 166 g/mol. The van der Waals surface area contributed by atoms with Crippen LogP contribution < -0.4 is 3.53 Å². The van der Waals surface area contributed by atoms with Crippen molar-refractivity contribution in [1.82, 2.24) is 3.53 Å². The van der Waals surface area contributed by atoms with E-state index in [0.717, 1.165) is 0 Å². The minimum atomic E-state index is 1.36. The summed E-state index contributed by atoms with van der Waals surface area (Å²) < 4.78 is 2.55. The summed E-state index contributed by atoms with van der Waals surface area (Å²) in [6, 6.07) is 0. The number of hydrogen-bond donors (Lipinski definition) is 1. The van der Waals surface area contributed by atoms with Crippen LogP contribution in [-0.4, -0.2) is 13.6 Å². The van der Waals surface area contributed by atoms with Gasteiger partial charge in [0.2, 0.25) is 0 Å². The number of hydrogen-bond acceptors (Lipinski definition) is 1. The van der Waals surface area contributed by atoms with Crippen LogP contribution in [0.1, 0.15) is 0 Å². The Labute approximate surface area is 40.3 Å². The third kappa shape index (κ3) is 2.46. The third-order valence-corrected chi connectivity index (χ3v) is 0.423. The molecule has 0 aromatic carbocycles. The molecule has 1 N–H and O–H groups in total. The quantitative estimate of drug-likeness (QED) is 0.324. The molecule has 0 aromatic rings. The zero-order valence-electron chi connectivity index (χ0n) is 2.03. The Morgan fingerprint density at radius 2 is 2.25 bits per heavy atom. The molecule has 0 saturated carbocycles. The van der Waals surface area contributed by atoms with Gasteiger partial charge in [0.15, 0.2) is 0 Å². The second kappa shape index (κ2) is 3.46. The van der Waals surface area contributed by atoms with Crippen molar-refractivity contribution in [2.24, 2.45) is 0 Å². The van der Waals surface area contributed by atoms with Gasteiger partial charge in [-0.15, -0.1) is 0 Å². The van der Waals surface area contributed by atoms with Crippen LogP contribution in [0.3, 0.4) is 0 Å². The summed E-state index contributed by atoms with van der Waals surface area (Å²) in [7, 11) is 4.78. The second-order valence-electron chi connectivity index (χ2n) is 0.276. The van der Waals surface area contributed by atoms with Crippen molar-refractivity contribution in [3.05, 3.63) is 0 Å². The van der Waals surface area contributed by atoms with Gasteiger partial charge in [-0.3, -0.25) is 0 Å². The maximum absolute atomic E-state index is 4.78. The molecule has 0 aromatic heterocycles. The third-order valence-electron chi connectivity index (χ3n) is 0.0630. The van der Waals surface area contributed by atoms with E-state index in [1.807, 2.05) is 22.9 Å². The zero-order chi connectivity index (χ0) is 3.41. The summed E-state index contributed by atoms with van der Waals surface area (Å²) >= 11 is 1.92. The van der Waals surface area contributed by atoms with Gasteiger partial charge in [-0.1, -0.05) is 0 Å². The van der Waals surface area contributed by atoms with Crippen molar-refractivity contribution in [3.63, 3.8) is 0 Å². The van der Waals surface area contributed by atoms with E-state index in [1.165, 1.54) is 6.09 Å². The molecule has 0 aliphatic carbocycles. The maximum atomic E-state index is 4.78. The van der Waals surface area contributed by atoms with E-state index in [2.05, 4.69) is 3.53 Å². The van der Waals surface area contributed by atoms with Gasteiger partial charge in [-0.25, -0.2) is 0 Å². The number of rotatable bonds is 1. The Morgan fingerprint density at radius 3 is 2.25 bits per heavy atom. The van der Waals surface area contributed by atoms with Gasteiger partial charge >= 0.3 is 40.0 Å². The molecule has 0 rings (SSSR count). The van der Waals surface area contributed by atoms with Crippen LogP contribution in [0.15, 0.2) is 0 Å². The van der Waals surface area contributed by atoms with E-state index in [1.54, 1.807) is 0 Å². The molecular weight excluding hydrogens is 164 g/mol. The van der Waals surface area contributed by atoms with Crippen molar-refractivity contribution in [2.75, 3.05) is 0 Å². The van der Waals surface area contributed by atoms with E-state index in [9.17, 15) is 0 Å². The van der Waals surface area contributed by atoms with Crippen molar-refractivity contribution < 1.29 is 0 Å². The van der Waals surface area contributed by atoms with Crippen LogP contribution >= 0.6 is 22.9 Å². The molecule has 0 amide bonds. The Kier molecular flexibility index (Phi) is 3.87. The molecule has 0 unspecified atom stereocenters. The van der Waals surface area contributed by atoms with E-state index in [0.29, 0.717) is 0 Å². The molecule has 0 bridgehead atoms. The topological polar surface area (TPSA) is 12.0 Å². The molecule has 0 fully saturated rings. The van der Waals surface area contributed by atoms with Crippen LogP contribution in [0.2, 0.25) is 0 Å². The first-order valence-electron chi connectivity index (χ1n) is 0.811. The molecule has 3 heteroatoms. The van der Waals surface area contributed by atoms with Crippen molar-refractivity contribution in [3.8, 4) is 0 Å².